The molecule has 0 heterocycles. The summed E-state index contributed by atoms with van der Waals surface area (Å²) in [6.07, 6.45) is 4.83. The maximum absolute atomic E-state index is 12.4. The molecule has 1 aliphatic carbocycles. The molecule has 0 aliphatic heterocycles. The zero-order chi connectivity index (χ0) is 16.1. The Hall–Kier alpha value is -2.29. The summed E-state index contributed by atoms with van der Waals surface area (Å²) in [5.41, 5.74) is 8.97. The van der Waals surface area contributed by atoms with Crippen LogP contribution in [0.2, 0.25) is 0 Å². The van der Waals surface area contributed by atoms with Gasteiger partial charge < -0.3 is 11.1 Å². The van der Waals surface area contributed by atoms with Crippen molar-refractivity contribution in [3.8, 4) is 0 Å². The van der Waals surface area contributed by atoms with Gasteiger partial charge in [-0.15, -0.1) is 0 Å². The van der Waals surface area contributed by atoms with Crippen LogP contribution in [-0.4, -0.2) is 5.91 Å². The van der Waals surface area contributed by atoms with Crippen LogP contribution >= 0.6 is 0 Å². The van der Waals surface area contributed by atoms with Crippen molar-refractivity contribution in [2.45, 2.75) is 38.1 Å². The molecule has 1 saturated carbocycles. The summed E-state index contributed by atoms with van der Waals surface area (Å²) in [7, 11) is 0. The average Bonchev–Trinajstić information content (AvgIpc) is 2.53. The Morgan fingerprint density at radius 2 is 1.78 bits per heavy atom. The third kappa shape index (κ3) is 3.92. The van der Waals surface area contributed by atoms with Gasteiger partial charge in [0.25, 0.3) is 0 Å². The Morgan fingerprint density at radius 1 is 1.09 bits per heavy atom. The molecular formula is C20H24N2O. The first kappa shape index (κ1) is 15.6. The molecule has 0 bridgehead atoms. The predicted molar refractivity (Wildman–Crippen MR) is 93.8 cm³/mol. The topological polar surface area (TPSA) is 55.1 Å². The standard InChI is InChI=1S/C20H24N2O/c21-18-12-5-4-7-15(18)13-14-19(23)22-20(17-10-6-11-17)16-8-2-1-3-9-16/h1-5,7-9,12,17,20H,6,10-11,13-14,21H2,(H,22,23). The summed E-state index contributed by atoms with van der Waals surface area (Å²) < 4.78 is 0. The van der Waals surface area contributed by atoms with Crippen LogP contribution < -0.4 is 11.1 Å². The van der Waals surface area contributed by atoms with E-state index < -0.39 is 0 Å². The zero-order valence-electron chi connectivity index (χ0n) is 13.4. The van der Waals surface area contributed by atoms with E-state index in [2.05, 4.69) is 17.4 Å². The van der Waals surface area contributed by atoms with Crippen molar-refractivity contribution in [2.24, 2.45) is 5.92 Å². The fourth-order valence-corrected chi connectivity index (χ4v) is 3.16. The molecule has 3 heteroatoms. The molecule has 23 heavy (non-hydrogen) atoms. The molecule has 0 saturated heterocycles. The lowest BCUT2D eigenvalue weighted by molar-refractivity contribution is -0.122. The smallest absolute Gasteiger partial charge is 0.220 e. The molecule has 1 aliphatic rings. The second-order valence-corrected chi connectivity index (χ2v) is 6.35. The van der Waals surface area contributed by atoms with Crippen molar-refractivity contribution in [2.75, 3.05) is 5.73 Å². The van der Waals surface area contributed by atoms with Crippen LogP contribution in [0.15, 0.2) is 54.6 Å². The molecule has 1 atom stereocenters. The van der Waals surface area contributed by atoms with Gasteiger partial charge in [-0.3, -0.25) is 4.79 Å². The maximum atomic E-state index is 12.4. The van der Waals surface area contributed by atoms with Crippen molar-refractivity contribution in [3.05, 3.63) is 65.7 Å². The number of hydrogen-bond donors (Lipinski definition) is 2. The van der Waals surface area contributed by atoms with Crippen LogP contribution in [0.25, 0.3) is 0 Å². The van der Waals surface area contributed by atoms with E-state index in [0.29, 0.717) is 18.8 Å². The van der Waals surface area contributed by atoms with E-state index in [-0.39, 0.29) is 11.9 Å². The molecule has 2 aromatic carbocycles. The first-order chi connectivity index (χ1) is 11.2. The summed E-state index contributed by atoms with van der Waals surface area (Å²) >= 11 is 0. The summed E-state index contributed by atoms with van der Waals surface area (Å²) in [4.78, 5) is 12.4. The van der Waals surface area contributed by atoms with Gasteiger partial charge in [0.2, 0.25) is 5.91 Å². The average molecular weight is 308 g/mol. The highest BCUT2D eigenvalue weighted by atomic mass is 16.1. The normalized spacial score (nSPS) is 15.7. The van der Waals surface area contributed by atoms with E-state index in [1.165, 1.54) is 24.8 Å². The van der Waals surface area contributed by atoms with Crippen molar-refractivity contribution >= 4 is 11.6 Å². The van der Waals surface area contributed by atoms with Crippen LogP contribution in [0.5, 0.6) is 0 Å². The van der Waals surface area contributed by atoms with Gasteiger partial charge in [-0.05, 0) is 42.4 Å². The lowest BCUT2D eigenvalue weighted by atomic mass is 9.77. The van der Waals surface area contributed by atoms with Gasteiger partial charge in [0.1, 0.15) is 0 Å². The minimum absolute atomic E-state index is 0.106. The van der Waals surface area contributed by atoms with Crippen LogP contribution in [0, 0.1) is 5.92 Å². The fraction of sp³-hybridized carbons (Fsp3) is 0.350. The fourth-order valence-electron chi connectivity index (χ4n) is 3.16. The van der Waals surface area contributed by atoms with Crippen LogP contribution in [0.3, 0.4) is 0 Å². The van der Waals surface area contributed by atoms with Gasteiger partial charge in [-0.25, -0.2) is 0 Å². The number of anilines is 1. The van der Waals surface area contributed by atoms with Gasteiger partial charge in [-0.2, -0.15) is 0 Å². The molecule has 1 fully saturated rings. The molecule has 2 aromatic rings. The molecule has 120 valence electrons. The minimum atomic E-state index is 0.106. The zero-order valence-corrected chi connectivity index (χ0v) is 13.4. The first-order valence-electron chi connectivity index (χ1n) is 8.42. The van der Waals surface area contributed by atoms with Crippen LogP contribution in [-0.2, 0) is 11.2 Å². The van der Waals surface area contributed by atoms with E-state index >= 15 is 0 Å². The third-order valence-electron chi connectivity index (χ3n) is 4.77. The quantitative estimate of drug-likeness (QED) is 0.796. The number of rotatable bonds is 6. The molecule has 1 amide bonds. The van der Waals surface area contributed by atoms with E-state index in [9.17, 15) is 4.79 Å². The third-order valence-corrected chi connectivity index (χ3v) is 4.77. The Balaban J connectivity index is 1.61. The number of para-hydroxylation sites is 1. The Labute approximate surface area is 137 Å². The number of hydrogen-bond acceptors (Lipinski definition) is 2. The number of carbonyl (C=O) groups excluding carboxylic acids is 1. The summed E-state index contributed by atoms with van der Waals surface area (Å²) in [5, 5.41) is 3.25. The SMILES string of the molecule is Nc1ccccc1CCC(=O)NC(c1ccccc1)C1CCC1. The van der Waals surface area contributed by atoms with Crippen LogP contribution in [0.1, 0.15) is 42.9 Å². The predicted octanol–water partition coefficient (Wildman–Crippen LogP) is 3.86. The second kappa shape index (κ2) is 7.32. The summed E-state index contributed by atoms with van der Waals surface area (Å²) in [6, 6.07) is 18.2. The van der Waals surface area contributed by atoms with Gasteiger partial charge in [-0.1, -0.05) is 55.0 Å². The van der Waals surface area contributed by atoms with Crippen LogP contribution in [0.4, 0.5) is 5.69 Å². The van der Waals surface area contributed by atoms with Crippen molar-refractivity contribution in [1.29, 1.82) is 0 Å². The van der Waals surface area contributed by atoms with E-state index in [0.717, 1.165) is 11.3 Å². The second-order valence-electron chi connectivity index (χ2n) is 6.35. The highest BCUT2D eigenvalue weighted by molar-refractivity contribution is 5.77. The Bertz CT molecular complexity index is 650. The number of amides is 1. The number of aryl methyl sites for hydroxylation is 1. The van der Waals surface area contributed by atoms with Crippen molar-refractivity contribution in [1.82, 2.24) is 5.32 Å². The molecule has 3 rings (SSSR count). The van der Waals surface area contributed by atoms with Gasteiger partial charge in [0.15, 0.2) is 0 Å². The monoisotopic (exact) mass is 308 g/mol. The number of benzene rings is 2. The molecule has 3 nitrogen and oxygen atoms in total. The molecule has 0 spiro atoms. The van der Waals surface area contributed by atoms with E-state index in [4.69, 9.17) is 5.73 Å². The minimum Gasteiger partial charge on any atom is -0.399 e. The van der Waals surface area contributed by atoms with Crippen molar-refractivity contribution in [3.63, 3.8) is 0 Å². The summed E-state index contributed by atoms with van der Waals surface area (Å²) in [6.45, 7) is 0. The maximum Gasteiger partial charge on any atom is 0.220 e. The Morgan fingerprint density at radius 3 is 2.43 bits per heavy atom. The number of nitrogen functional groups attached to an aromatic ring is 1. The molecule has 0 aromatic heterocycles. The number of nitrogens with one attached hydrogen (secondary N) is 1. The highest BCUT2D eigenvalue weighted by Gasteiger charge is 2.29. The van der Waals surface area contributed by atoms with Gasteiger partial charge in [0.05, 0.1) is 6.04 Å². The molecular weight excluding hydrogens is 284 g/mol. The molecule has 0 radical (unpaired) electrons. The first-order valence-corrected chi connectivity index (χ1v) is 8.42. The summed E-state index contributed by atoms with van der Waals surface area (Å²) in [5.74, 6) is 0.678. The molecule has 3 N–H and O–H groups in total. The lowest BCUT2D eigenvalue weighted by Gasteiger charge is -2.34. The molecule has 1 unspecified atom stereocenters. The van der Waals surface area contributed by atoms with Gasteiger partial charge in [0, 0.05) is 12.1 Å². The Kier molecular flexibility index (Phi) is 4.96. The van der Waals surface area contributed by atoms with Crippen molar-refractivity contribution < 1.29 is 4.79 Å². The largest absolute Gasteiger partial charge is 0.399 e. The number of carbonyl (C=O) groups is 1. The lowest BCUT2D eigenvalue weighted by Crippen LogP contribution is -2.36. The van der Waals surface area contributed by atoms with E-state index in [1.807, 2.05) is 42.5 Å². The van der Waals surface area contributed by atoms with Gasteiger partial charge >= 0.3 is 0 Å². The highest BCUT2D eigenvalue weighted by Crippen LogP contribution is 2.37. The number of nitrogens with two attached hydrogens (primary N) is 1. The van der Waals surface area contributed by atoms with E-state index in [1.54, 1.807) is 0 Å².